The molecule has 0 spiro atoms. The van der Waals surface area contributed by atoms with E-state index in [1.54, 1.807) is 30.0 Å². The fraction of sp³-hybridized carbons (Fsp3) is 0.538. The Balaban J connectivity index is 2.26. The second-order valence-corrected chi connectivity index (χ2v) is 7.58. The van der Waals surface area contributed by atoms with Crippen molar-refractivity contribution >= 4 is 44.9 Å². The van der Waals surface area contributed by atoms with Crippen molar-refractivity contribution in [2.24, 2.45) is 0 Å². The number of aryl methyl sites for hydroxylation is 2. The molecule has 0 aromatic carbocycles. The molecule has 6 heteroatoms. The molecule has 104 valence electrons. The molecule has 0 radical (unpaired) electrons. The van der Waals surface area contributed by atoms with Crippen molar-refractivity contribution in [2.45, 2.75) is 44.8 Å². The number of rotatable bonds is 4. The van der Waals surface area contributed by atoms with Gasteiger partial charge in [-0.2, -0.15) is 0 Å². The molecule has 2 atom stereocenters. The average Bonchev–Trinajstić information content (AvgIpc) is 2.62. The number of hydrogen-bond acceptors (Lipinski definition) is 5. The van der Waals surface area contributed by atoms with Crippen molar-refractivity contribution in [1.82, 2.24) is 9.97 Å². The molecule has 0 aliphatic carbocycles. The first-order chi connectivity index (χ1) is 8.90. The van der Waals surface area contributed by atoms with Gasteiger partial charge in [0.25, 0.3) is 0 Å². The lowest BCUT2D eigenvalue weighted by Gasteiger charge is -2.13. The van der Waals surface area contributed by atoms with Crippen LogP contribution < -0.4 is 0 Å². The van der Waals surface area contributed by atoms with Gasteiger partial charge in [-0.1, -0.05) is 18.5 Å². The number of halogens is 1. The second kappa shape index (κ2) is 5.95. The highest BCUT2D eigenvalue weighted by molar-refractivity contribution is 7.99. The van der Waals surface area contributed by atoms with Crippen LogP contribution in [-0.4, -0.2) is 26.4 Å². The first kappa shape index (κ1) is 15.0. The Bertz CT molecular complexity index is 598. The quantitative estimate of drug-likeness (QED) is 0.867. The van der Waals surface area contributed by atoms with Crippen molar-refractivity contribution in [2.75, 3.05) is 0 Å². The Labute approximate surface area is 126 Å². The maximum atomic E-state index is 9.48. The fourth-order valence-electron chi connectivity index (χ4n) is 1.65. The summed E-state index contributed by atoms with van der Waals surface area (Å²) >= 11 is 9.55. The zero-order chi connectivity index (χ0) is 14.2. The maximum Gasteiger partial charge on any atom is 0.141 e. The predicted molar refractivity (Wildman–Crippen MR) is 84.3 cm³/mol. The van der Waals surface area contributed by atoms with E-state index in [1.165, 1.54) is 10.4 Å². The van der Waals surface area contributed by atoms with E-state index in [9.17, 15) is 5.11 Å². The van der Waals surface area contributed by atoms with E-state index in [0.29, 0.717) is 10.9 Å². The summed E-state index contributed by atoms with van der Waals surface area (Å²) < 4.78 is 0. The zero-order valence-electron chi connectivity index (χ0n) is 11.4. The molecule has 3 nitrogen and oxygen atoms in total. The fourth-order valence-corrected chi connectivity index (χ4v) is 3.90. The summed E-state index contributed by atoms with van der Waals surface area (Å²) in [4.78, 5) is 11.1. The van der Waals surface area contributed by atoms with Crippen LogP contribution in [0.15, 0.2) is 0 Å². The van der Waals surface area contributed by atoms with Crippen LogP contribution in [0.4, 0.5) is 0 Å². The van der Waals surface area contributed by atoms with Crippen molar-refractivity contribution in [3.63, 3.8) is 0 Å². The van der Waals surface area contributed by atoms with Crippen LogP contribution in [0.3, 0.4) is 0 Å². The third-order valence-electron chi connectivity index (χ3n) is 3.19. The molecular formula is C13H17ClN2OS2. The van der Waals surface area contributed by atoms with Crippen molar-refractivity contribution < 1.29 is 5.11 Å². The Hall–Kier alpha value is -0.360. The molecule has 0 bridgehead atoms. The summed E-state index contributed by atoms with van der Waals surface area (Å²) in [5.74, 6) is 1.40. The van der Waals surface area contributed by atoms with Gasteiger partial charge in [-0.3, -0.25) is 0 Å². The lowest BCUT2D eigenvalue weighted by molar-refractivity contribution is 0.196. The summed E-state index contributed by atoms with van der Waals surface area (Å²) in [5.41, 5.74) is 1.17. The number of fused-ring (bicyclic) bond motifs is 1. The molecule has 19 heavy (non-hydrogen) atoms. The number of thiophene rings is 1. The molecule has 0 fully saturated rings. The highest BCUT2D eigenvalue weighted by atomic mass is 35.5. The van der Waals surface area contributed by atoms with Gasteiger partial charge in [0.05, 0.1) is 17.2 Å². The van der Waals surface area contributed by atoms with Gasteiger partial charge in [0.1, 0.15) is 15.8 Å². The molecule has 2 heterocycles. The van der Waals surface area contributed by atoms with E-state index in [-0.39, 0.29) is 11.4 Å². The van der Waals surface area contributed by atoms with Crippen LogP contribution in [0.25, 0.3) is 10.2 Å². The van der Waals surface area contributed by atoms with Gasteiger partial charge in [-0.05, 0) is 26.3 Å². The van der Waals surface area contributed by atoms with E-state index < -0.39 is 0 Å². The summed E-state index contributed by atoms with van der Waals surface area (Å²) in [6.45, 7) is 7.91. The van der Waals surface area contributed by atoms with Gasteiger partial charge in [-0.15, -0.1) is 23.1 Å². The van der Waals surface area contributed by atoms with Gasteiger partial charge in [0.15, 0.2) is 0 Å². The lowest BCUT2D eigenvalue weighted by atomic mass is 10.2. The third kappa shape index (κ3) is 3.21. The van der Waals surface area contributed by atoms with Gasteiger partial charge in [0.2, 0.25) is 0 Å². The summed E-state index contributed by atoms with van der Waals surface area (Å²) in [5, 5.41) is 11.1. The number of thioether (sulfide) groups is 1. The van der Waals surface area contributed by atoms with E-state index in [4.69, 9.17) is 11.6 Å². The average molecular weight is 317 g/mol. The predicted octanol–water partition coefficient (Wildman–Crippen LogP) is 3.96. The van der Waals surface area contributed by atoms with Crippen molar-refractivity contribution in [1.29, 1.82) is 0 Å². The number of nitrogens with zero attached hydrogens (tertiary/aromatic N) is 2. The molecule has 1 N–H and O–H groups in total. The van der Waals surface area contributed by atoms with Gasteiger partial charge in [-0.25, -0.2) is 9.97 Å². The van der Waals surface area contributed by atoms with E-state index in [1.807, 2.05) is 13.8 Å². The van der Waals surface area contributed by atoms with Crippen LogP contribution in [0.1, 0.15) is 30.1 Å². The summed E-state index contributed by atoms with van der Waals surface area (Å²) in [6, 6.07) is 0. The molecule has 2 rings (SSSR count). The van der Waals surface area contributed by atoms with Crippen LogP contribution in [0.5, 0.6) is 0 Å². The highest BCUT2D eigenvalue weighted by Crippen LogP contribution is 2.33. The summed E-state index contributed by atoms with van der Waals surface area (Å²) in [7, 11) is 0. The second-order valence-electron chi connectivity index (χ2n) is 4.65. The maximum absolute atomic E-state index is 9.48. The number of aliphatic hydroxyl groups excluding tert-OH is 1. The van der Waals surface area contributed by atoms with Gasteiger partial charge < -0.3 is 5.11 Å². The molecule has 2 unspecified atom stereocenters. The van der Waals surface area contributed by atoms with E-state index in [2.05, 4.69) is 16.9 Å². The minimum Gasteiger partial charge on any atom is -0.392 e. The standard InChI is InChI=1S/C13H17ClN2OS2/c1-6-8(3)19-13-11(6)12(14)15-10(16-13)5-18-9(4)7(2)17/h7,9,17H,5H2,1-4H3. The van der Waals surface area contributed by atoms with Crippen LogP contribution >= 0.6 is 34.7 Å². The first-order valence-electron chi connectivity index (χ1n) is 6.12. The van der Waals surface area contributed by atoms with E-state index >= 15 is 0 Å². The molecule has 2 aromatic heterocycles. The summed E-state index contributed by atoms with van der Waals surface area (Å²) in [6.07, 6.45) is -0.338. The van der Waals surface area contributed by atoms with Gasteiger partial charge >= 0.3 is 0 Å². The Kier molecular flexibility index (Phi) is 4.71. The van der Waals surface area contributed by atoms with Crippen molar-refractivity contribution in [3.8, 4) is 0 Å². The molecular weight excluding hydrogens is 300 g/mol. The third-order valence-corrected chi connectivity index (χ3v) is 5.90. The van der Waals surface area contributed by atoms with Gasteiger partial charge in [0, 0.05) is 10.1 Å². The largest absolute Gasteiger partial charge is 0.392 e. The minimum atomic E-state index is -0.338. The molecule has 0 saturated carbocycles. The van der Waals surface area contributed by atoms with Crippen molar-refractivity contribution in [3.05, 3.63) is 21.4 Å². The normalized spacial score (nSPS) is 14.8. The van der Waals surface area contributed by atoms with Crippen LogP contribution in [0.2, 0.25) is 5.15 Å². The number of hydrogen-bond donors (Lipinski definition) is 1. The Morgan fingerprint density at radius 2 is 2.00 bits per heavy atom. The van der Waals surface area contributed by atoms with E-state index in [0.717, 1.165) is 16.0 Å². The molecule has 2 aromatic rings. The molecule has 0 amide bonds. The van der Waals surface area contributed by atoms with Crippen LogP contribution in [-0.2, 0) is 5.75 Å². The number of aliphatic hydroxyl groups is 1. The topological polar surface area (TPSA) is 46.0 Å². The lowest BCUT2D eigenvalue weighted by Crippen LogP contribution is -2.15. The minimum absolute atomic E-state index is 0.157. The number of aromatic nitrogens is 2. The smallest absolute Gasteiger partial charge is 0.141 e. The zero-order valence-corrected chi connectivity index (χ0v) is 13.8. The first-order valence-corrected chi connectivity index (χ1v) is 8.36. The Morgan fingerprint density at radius 3 is 2.63 bits per heavy atom. The molecule has 0 aliphatic rings. The highest BCUT2D eigenvalue weighted by Gasteiger charge is 2.15. The Morgan fingerprint density at radius 1 is 1.32 bits per heavy atom. The molecule has 0 aliphatic heterocycles. The molecule has 0 saturated heterocycles. The SMILES string of the molecule is Cc1sc2nc(CSC(C)C(C)O)nc(Cl)c2c1C. The van der Waals surface area contributed by atoms with Crippen LogP contribution in [0, 0.1) is 13.8 Å². The monoisotopic (exact) mass is 316 g/mol.